The first kappa shape index (κ1) is 7.76. The molecule has 1 aliphatic heterocycles. The normalized spacial score (nSPS) is 19.3. The van der Waals surface area contributed by atoms with E-state index in [9.17, 15) is 4.79 Å². The van der Waals surface area contributed by atoms with Gasteiger partial charge in [-0.1, -0.05) is 6.08 Å². The highest BCUT2D eigenvalue weighted by atomic mass is 35.5. The minimum absolute atomic E-state index is 0.388. The Morgan fingerprint density at radius 3 is 2.70 bits per heavy atom. The van der Waals surface area contributed by atoms with Gasteiger partial charge in [0, 0.05) is 6.54 Å². The van der Waals surface area contributed by atoms with Crippen LogP contribution in [0.1, 0.15) is 6.42 Å². The summed E-state index contributed by atoms with van der Waals surface area (Å²) in [5, 5.41) is -0.388. The second-order valence-electron chi connectivity index (χ2n) is 2.36. The number of hydrogen-bond donors (Lipinski definition) is 0. The molecule has 3 heteroatoms. The lowest BCUT2D eigenvalue weighted by Crippen LogP contribution is -2.36. The molecule has 0 saturated carbocycles. The van der Waals surface area contributed by atoms with Crippen molar-refractivity contribution in [1.82, 2.24) is 4.90 Å². The van der Waals surface area contributed by atoms with Gasteiger partial charge in [0.2, 0.25) is 5.24 Å². The van der Waals surface area contributed by atoms with Gasteiger partial charge in [-0.05, 0) is 37.2 Å². The molecule has 1 aliphatic rings. The SMILES string of the molecule is O=C(Cl)C=CCN1CCC1. The van der Waals surface area contributed by atoms with E-state index in [1.807, 2.05) is 0 Å². The molecule has 1 rings (SSSR count). The summed E-state index contributed by atoms with van der Waals surface area (Å²) < 4.78 is 0. The summed E-state index contributed by atoms with van der Waals surface area (Å²) in [6, 6.07) is 0. The summed E-state index contributed by atoms with van der Waals surface area (Å²) in [6.45, 7) is 3.17. The van der Waals surface area contributed by atoms with Gasteiger partial charge in [-0.15, -0.1) is 0 Å². The van der Waals surface area contributed by atoms with Crippen molar-refractivity contribution in [3.8, 4) is 0 Å². The maximum absolute atomic E-state index is 10.2. The molecule has 2 nitrogen and oxygen atoms in total. The van der Waals surface area contributed by atoms with Crippen LogP contribution in [0.5, 0.6) is 0 Å². The fraction of sp³-hybridized carbons (Fsp3) is 0.571. The van der Waals surface area contributed by atoms with E-state index >= 15 is 0 Å². The molecule has 1 heterocycles. The Labute approximate surface area is 65.5 Å². The van der Waals surface area contributed by atoms with Crippen LogP contribution >= 0.6 is 11.6 Å². The van der Waals surface area contributed by atoms with Crippen molar-refractivity contribution in [3.63, 3.8) is 0 Å². The highest BCUT2D eigenvalue weighted by Crippen LogP contribution is 2.04. The first-order chi connectivity index (χ1) is 4.79. The summed E-state index contributed by atoms with van der Waals surface area (Å²) in [5.41, 5.74) is 0. The minimum Gasteiger partial charge on any atom is -0.300 e. The van der Waals surface area contributed by atoms with Gasteiger partial charge >= 0.3 is 0 Å². The molecule has 1 saturated heterocycles. The van der Waals surface area contributed by atoms with Gasteiger partial charge in [0.15, 0.2) is 0 Å². The van der Waals surface area contributed by atoms with Crippen molar-refractivity contribution in [2.75, 3.05) is 19.6 Å². The predicted molar refractivity (Wildman–Crippen MR) is 41.1 cm³/mol. The molecule has 0 spiro atoms. The van der Waals surface area contributed by atoms with E-state index in [0.29, 0.717) is 0 Å². The summed E-state index contributed by atoms with van der Waals surface area (Å²) in [6.07, 6.45) is 4.48. The van der Waals surface area contributed by atoms with Crippen LogP contribution in [-0.2, 0) is 4.79 Å². The van der Waals surface area contributed by atoms with Gasteiger partial charge in [-0.25, -0.2) is 0 Å². The van der Waals surface area contributed by atoms with Crippen molar-refractivity contribution in [2.45, 2.75) is 6.42 Å². The number of allylic oxidation sites excluding steroid dienone is 1. The van der Waals surface area contributed by atoms with E-state index in [2.05, 4.69) is 4.90 Å². The second-order valence-corrected chi connectivity index (χ2v) is 2.73. The summed E-state index contributed by atoms with van der Waals surface area (Å²) in [4.78, 5) is 12.4. The molecule has 10 heavy (non-hydrogen) atoms. The van der Waals surface area contributed by atoms with Crippen LogP contribution in [0.4, 0.5) is 0 Å². The standard InChI is InChI=1S/C7H10ClNO/c8-7(10)3-1-4-9-5-2-6-9/h1,3H,2,4-6H2. The zero-order valence-corrected chi connectivity index (χ0v) is 6.47. The number of likely N-dealkylation sites (tertiary alicyclic amines) is 1. The largest absolute Gasteiger partial charge is 0.300 e. The molecule has 0 atom stereocenters. The second kappa shape index (κ2) is 3.74. The Kier molecular flexibility index (Phi) is 2.90. The van der Waals surface area contributed by atoms with Gasteiger partial charge in [0.05, 0.1) is 0 Å². The Hall–Kier alpha value is -0.340. The average Bonchev–Trinajstić information content (AvgIpc) is 1.75. The van der Waals surface area contributed by atoms with Crippen LogP contribution in [-0.4, -0.2) is 29.8 Å². The molecule has 0 radical (unpaired) electrons. The molecule has 0 unspecified atom stereocenters. The van der Waals surface area contributed by atoms with E-state index < -0.39 is 0 Å². The lowest BCUT2D eigenvalue weighted by atomic mass is 10.2. The third-order valence-corrected chi connectivity index (χ3v) is 1.69. The number of hydrogen-bond acceptors (Lipinski definition) is 2. The molecule has 56 valence electrons. The topological polar surface area (TPSA) is 20.3 Å². The van der Waals surface area contributed by atoms with Crippen LogP contribution in [0.2, 0.25) is 0 Å². The van der Waals surface area contributed by atoms with Crippen LogP contribution in [0.15, 0.2) is 12.2 Å². The monoisotopic (exact) mass is 159 g/mol. The fourth-order valence-corrected chi connectivity index (χ4v) is 0.948. The molecule has 1 fully saturated rings. The highest BCUT2D eigenvalue weighted by Gasteiger charge is 2.10. The van der Waals surface area contributed by atoms with E-state index in [0.717, 1.165) is 19.6 Å². The third kappa shape index (κ3) is 2.50. The zero-order valence-electron chi connectivity index (χ0n) is 5.72. The summed E-state index contributed by atoms with van der Waals surface area (Å²) >= 11 is 5.08. The summed E-state index contributed by atoms with van der Waals surface area (Å²) in [7, 11) is 0. The number of carbonyl (C=O) groups is 1. The van der Waals surface area contributed by atoms with Gasteiger partial charge in [0.25, 0.3) is 0 Å². The van der Waals surface area contributed by atoms with Crippen molar-refractivity contribution in [1.29, 1.82) is 0 Å². The van der Waals surface area contributed by atoms with E-state index in [4.69, 9.17) is 11.6 Å². The molecule has 0 aliphatic carbocycles. The highest BCUT2D eigenvalue weighted by molar-refractivity contribution is 6.66. The van der Waals surface area contributed by atoms with Gasteiger partial charge in [0.1, 0.15) is 0 Å². The van der Waals surface area contributed by atoms with Crippen LogP contribution < -0.4 is 0 Å². The number of rotatable bonds is 3. The Morgan fingerprint density at radius 2 is 2.30 bits per heavy atom. The molecule has 0 bridgehead atoms. The number of nitrogens with zero attached hydrogens (tertiary/aromatic N) is 1. The molecule has 0 aromatic heterocycles. The first-order valence-electron chi connectivity index (χ1n) is 3.37. The predicted octanol–water partition coefficient (Wildman–Crippen LogP) is 1.01. The minimum atomic E-state index is -0.388. The molecular formula is C7H10ClNO. The van der Waals surface area contributed by atoms with Gasteiger partial charge < -0.3 is 0 Å². The average molecular weight is 160 g/mol. The van der Waals surface area contributed by atoms with Crippen molar-refractivity contribution in [3.05, 3.63) is 12.2 Å². The maximum Gasteiger partial charge on any atom is 0.244 e. The van der Waals surface area contributed by atoms with Crippen molar-refractivity contribution in [2.24, 2.45) is 0 Å². The smallest absolute Gasteiger partial charge is 0.244 e. The van der Waals surface area contributed by atoms with Crippen LogP contribution in [0.25, 0.3) is 0 Å². The molecule has 0 aromatic carbocycles. The third-order valence-electron chi connectivity index (χ3n) is 1.56. The fourth-order valence-electron chi connectivity index (χ4n) is 0.859. The lowest BCUT2D eigenvalue weighted by Gasteiger charge is -2.29. The summed E-state index contributed by atoms with van der Waals surface area (Å²) in [5.74, 6) is 0. The van der Waals surface area contributed by atoms with E-state index in [1.165, 1.54) is 12.5 Å². The molecule has 0 aromatic rings. The zero-order chi connectivity index (χ0) is 7.40. The Morgan fingerprint density at radius 1 is 1.60 bits per heavy atom. The van der Waals surface area contributed by atoms with Gasteiger partial charge in [-0.2, -0.15) is 0 Å². The number of carbonyl (C=O) groups excluding carboxylic acids is 1. The van der Waals surface area contributed by atoms with Gasteiger partial charge in [-0.3, -0.25) is 9.69 Å². The number of halogens is 1. The Balaban J connectivity index is 2.08. The van der Waals surface area contributed by atoms with Crippen LogP contribution in [0.3, 0.4) is 0 Å². The van der Waals surface area contributed by atoms with Crippen molar-refractivity contribution >= 4 is 16.8 Å². The molecule has 0 amide bonds. The van der Waals surface area contributed by atoms with E-state index in [-0.39, 0.29) is 5.24 Å². The molecule has 0 N–H and O–H groups in total. The Bertz CT molecular complexity index is 152. The van der Waals surface area contributed by atoms with Crippen LogP contribution in [0, 0.1) is 0 Å². The lowest BCUT2D eigenvalue weighted by molar-refractivity contribution is -0.107. The van der Waals surface area contributed by atoms with E-state index in [1.54, 1.807) is 6.08 Å². The quantitative estimate of drug-likeness (QED) is 0.453. The first-order valence-corrected chi connectivity index (χ1v) is 3.75. The molecular weight excluding hydrogens is 150 g/mol. The van der Waals surface area contributed by atoms with Crippen molar-refractivity contribution < 1.29 is 4.79 Å². The maximum atomic E-state index is 10.2.